The van der Waals surface area contributed by atoms with E-state index in [4.69, 9.17) is 5.84 Å². The first-order valence-electron chi connectivity index (χ1n) is 4.94. The van der Waals surface area contributed by atoms with Crippen molar-refractivity contribution >= 4 is 5.82 Å². The monoisotopic (exact) mass is 215 g/mol. The van der Waals surface area contributed by atoms with E-state index < -0.39 is 0 Å². The Morgan fingerprint density at radius 1 is 1.12 bits per heavy atom. The Kier molecular flexibility index (Phi) is 2.78. The highest BCUT2D eigenvalue weighted by Crippen LogP contribution is 2.16. The van der Waals surface area contributed by atoms with Crippen LogP contribution in [-0.2, 0) is 0 Å². The van der Waals surface area contributed by atoms with Gasteiger partial charge >= 0.3 is 0 Å². The van der Waals surface area contributed by atoms with Gasteiger partial charge < -0.3 is 5.43 Å². The maximum atomic E-state index is 5.33. The summed E-state index contributed by atoms with van der Waals surface area (Å²) in [5.74, 6) is 6.56. The molecule has 0 spiro atoms. The summed E-state index contributed by atoms with van der Waals surface area (Å²) in [7, 11) is 0. The Morgan fingerprint density at radius 3 is 2.56 bits per heavy atom. The molecular formula is C11H13N5. The van der Waals surface area contributed by atoms with E-state index in [0.29, 0.717) is 11.6 Å². The molecule has 0 bridgehead atoms. The van der Waals surface area contributed by atoms with Crippen molar-refractivity contribution in [2.24, 2.45) is 5.84 Å². The number of nitrogens with two attached hydrogens (primary N) is 1. The Balaban J connectivity index is 2.47. The molecule has 0 unspecified atom stereocenters. The lowest BCUT2D eigenvalue weighted by Crippen LogP contribution is -2.10. The van der Waals surface area contributed by atoms with Gasteiger partial charge in [-0.15, -0.1) is 0 Å². The van der Waals surface area contributed by atoms with Crippen LogP contribution >= 0.6 is 0 Å². The number of hydrogen-bond acceptors (Lipinski definition) is 5. The summed E-state index contributed by atoms with van der Waals surface area (Å²) in [6, 6.07) is 5.65. The molecule has 0 saturated heterocycles. The van der Waals surface area contributed by atoms with Crippen LogP contribution in [0.25, 0.3) is 11.4 Å². The van der Waals surface area contributed by atoms with Gasteiger partial charge in [0.2, 0.25) is 0 Å². The van der Waals surface area contributed by atoms with Gasteiger partial charge in [-0.05, 0) is 26.0 Å². The number of pyridine rings is 1. The number of nitrogen functional groups attached to an aromatic ring is 1. The van der Waals surface area contributed by atoms with Crippen molar-refractivity contribution < 1.29 is 0 Å². The smallest absolute Gasteiger partial charge is 0.163 e. The van der Waals surface area contributed by atoms with Crippen LogP contribution in [0, 0.1) is 13.8 Å². The predicted octanol–water partition coefficient (Wildman–Crippen LogP) is 1.44. The van der Waals surface area contributed by atoms with Crippen LogP contribution in [0.3, 0.4) is 0 Å². The van der Waals surface area contributed by atoms with Gasteiger partial charge in [0.15, 0.2) is 5.82 Å². The maximum Gasteiger partial charge on any atom is 0.163 e. The van der Waals surface area contributed by atoms with E-state index in [1.807, 2.05) is 26.0 Å². The molecule has 5 heteroatoms. The van der Waals surface area contributed by atoms with Crippen molar-refractivity contribution in [1.82, 2.24) is 15.0 Å². The van der Waals surface area contributed by atoms with Gasteiger partial charge in [0.05, 0.1) is 0 Å². The zero-order valence-corrected chi connectivity index (χ0v) is 9.23. The van der Waals surface area contributed by atoms with E-state index >= 15 is 0 Å². The van der Waals surface area contributed by atoms with Crippen molar-refractivity contribution in [3.63, 3.8) is 0 Å². The first-order valence-corrected chi connectivity index (χ1v) is 4.94. The number of aromatic nitrogens is 3. The van der Waals surface area contributed by atoms with Crippen molar-refractivity contribution in [1.29, 1.82) is 0 Å². The van der Waals surface area contributed by atoms with Crippen molar-refractivity contribution in [3.05, 3.63) is 35.8 Å². The summed E-state index contributed by atoms with van der Waals surface area (Å²) in [5, 5.41) is 0. The summed E-state index contributed by atoms with van der Waals surface area (Å²) in [6.45, 7) is 3.83. The van der Waals surface area contributed by atoms with Crippen molar-refractivity contribution in [3.8, 4) is 11.4 Å². The Morgan fingerprint density at radius 2 is 1.94 bits per heavy atom. The number of hydrogen-bond donors (Lipinski definition) is 2. The van der Waals surface area contributed by atoms with E-state index in [0.717, 1.165) is 17.0 Å². The predicted molar refractivity (Wildman–Crippen MR) is 62.5 cm³/mol. The first-order chi connectivity index (χ1) is 7.69. The van der Waals surface area contributed by atoms with Gasteiger partial charge in [-0.2, -0.15) is 0 Å². The van der Waals surface area contributed by atoms with E-state index in [2.05, 4.69) is 20.4 Å². The second-order valence-electron chi connectivity index (χ2n) is 3.55. The molecule has 2 heterocycles. The molecule has 0 saturated carbocycles. The van der Waals surface area contributed by atoms with Crippen LogP contribution in [0.2, 0.25) is 0 Å². The van der Waals surface area contributed by atoms with Gasteiger partial charge in [-0.3, -0.25) is 4.98 Å². The lowest BCUT2D eigenvalue weighted by Gasteiger charge is -2.05. The molecule has 16 heavy (non-hydrogen) atoms. The van der Waals surface area contributed by atoms with Crippen LogP contribution in [-0.4, -0.2) is 15.0 Å². The highest BCUT2D eigenvalue weighted by molar-refractivity contribution is 5.56. The molecule has 0 fully saturated rings. The minimum atomic E-state index is 0.600. The van der Waals surface area contributed by atoms with Gasteiger partial charge in [-0.1, -0.05) is 0 Å². The average molecular weight is 215 g/mol. The molecule has 5 nitrogen and oxygen atoms in total. The molecule has 0 aliphatic rings. The molecule has 0 aromatic carbocycles. The number of aryl methyl sites for hydroxylation is 2. The number of hydrazine groups is 1. The topological polar surface area (TPSA) is 76.7 Å². The fourth-order valence-corrected chi connectivity index (χ4v) is 1.37. The SMILES string of the molecule is Cc1ccc(-c2nc(C)cc(NN)n2)cn1. The van der Waals surface area contributed by atoms with E-state index in [9.17, 15) is 0 Å². The third-order valence-electron chi connectivity index (χ3n) is 2.17. The molecule has 0 aliphatic heterocycles. The van der Waals surface area contributed by atoms with Crippen LogP contribution in [0.4, 0.5) is 5.82 Å². The maximum absolute atomic E-state index is 5.33. The largest absolute Gasteiger partial charge is 0.308 e. The zero-order valence-electron chi connectivity index (χ0n) is 9.23. The standard InChI is InChI=1S/C11H13N5/c1-7-3-4-9(6-13-7)11-14-8(2)5-10(15-11)16-12/h3-6H,12H2,1-2H3,(H,14,15,16). The quantitative estimate of drug-likeness (QED) is 0.585. The lowest BCUT2D eigenvalue weighted by molar-refractivity contribution is 1.08. The molecular weight excluding hydrogens is 202 g/mol. The third-order valence-corrected chi connectivity index (χ3v) is 2.17. The summed E-state index contributed by atoms with van der Waals surface area (Å²) in [6.07, 6.45) is 1.75. The highest BCUT2D eigenvalue weighted by Gasteiger charge is 2.04. The number of nitrogens with one attached hydrogen (secondary N) is 1. The first kappa shape index (κ1) is 10.5. The summed E-state index contributed by atoms with van der Waals surface area (Å²) in [5.41, 5.74) is 5.22. The molecule has 2 aromatic rings. The third kappa shape index (κ3) is 2.14. The lowest BCUT2D eigenvalue weighted by atomic mass is 10.2. The normalized spacial score (nSPS) is 10.2. The van der Waals surface area contributed by atoms with E-state index in [-0.39, 0.29) is 0 Å². The average Bonchev–Trinajstić information content (AvgIpc) is 2.29. The molecule has 0 radical (unpaired) electrons. The Hall–Kier alpha value is -2.01. The van der Waals surface area contributed by atoms with Crippen molar-refractivity contribution in [2.45, 2.75) is 13.8 Å². The molecule has 2 rings (SSSR count). The molecule has 0 atom stereocenters. The summed E-state index contributed by atoms with van der Waals surface area (Å²) < 4.78 is 0. The second kappa shape index (κ2) is 4.24. The summed E-state index contributed by atoms with van der Waals surface area (Å²) in [4.78, 5) is 12.8. The van der Waals surface area contributed by atoms with E-state index in [1.165, 1.54) is 0 Å². The second-order valence-corrected chi connectivity index (χ2v) is 3.55. The van der Waals surface area contributed by atoms with Crippen LogP contribution < -0.4 is 11.3 Å². The molecule has 82 valence electrons. The molecule has 3 N–H and O–H groups in total. The van der Waals surface area contributed by atoms with Crippen LogP contribution in [0.1, 0.15) is 11.4 Å². The van der Waals surface area contributed by atoms with Crippen molar-refractivity contribution in [2.75, 3.05) is 5.43 Å². The minimum Gasteiger partial charge on any atom is -0.308 e. The fourth-order valence-electron chi connectivity index (χ4n) is 1.37. The molecule has 2 aromatic heterocycles. The van der Waals surface area contributed by atoms with Gasteiger partial charge in [0.25, 0.3) is 0 Å². The fraction of sp³-hybridized carbons (Fsp3) is 0.182. The number of anilines is 1. The van der Waals surface area contributed by atoms with Crippen LogP contribution in [0.15, 0.2) is 24.4 Å². The molecule has 0 amide bonds. The Bertz CT molecular complexity index is 492. The zero-order chi connectivity index (χ0) is 11.5. The summed E-state index contributed by atoms with van der Waals surface area (Å²) >= 11 is 0. The van der Waals surface area contributed by atoms with Gasteiger partial charge in [0, 0.05) is 29.2 Å². The molecule has 0 aliphatic carbocycles. The number of nitrogens with zero attached hydrogens (tertiary/aromatic N) is 3. The Labute approximate surface area is 93.7 Å². The number of rotatable bonds is 2. The van der Waals surface area contributed by atoms with Gasteiger partial charge in [-0.25, -0.2) is 15.8 Å². The highest BCUT2D eigenvalue weighted by atomic mass is 15.3. The van der Waals surface area contributed by atoms with Crippen LogP contribution in [0.5, 0.6) is 0 Å². The van der Waals surface area contributed by atoms with E-state index in [1.54, 1.807) is 12.3 Å². The minimum absolute atomic E-state index is 0.600. The van der Waals surface area contributed by atoms with Gasteiger partial charge in [0.1, 0.15) is 5.82 Å².